The maximum atomic E-state index is 11.1. The van der Waals surface area contributed by atoms with Gasteiger partial charge >= 0.3 is 0 Å². The summed E-state index contributed by atoms with van der Waals surface area (Å²) >= 11 is 0. The van der Waals surface area contributed by atoms with Crippen molar-refractivity contribution in [2.45, 2.75) is 0 Å². The highest BCUT2D eigenvalue weighted by atomic mass is 31.2. The van der Waals surface area contributed by atoms with Crippen LogP contribution in [0, 0.1) is 0 Å². The van der Waals surface area contributed by atoms with Crippen molar-refractivity contribution in [3.8, 4) is 11.5 Å². The Hall–Kier alpha value is -1.66. The number of ether oxygens (including phenoxy) is 2. The van der Waals surface area contributed by atoms with E-state index in [1.165, 1.54) is 36.4 Å². The topological polar surface area (TPSA) is 145 Å². The molecule has 130 valence electrons. The molecule has 0 amide bonds. The first kappa shape index (κ1) is 18.7. The summed E-state index contributed by atoms with van der Waals surface area (Å²) in [7, 11) is -9.96. The Morgan fingerprint density at radius 2 is 1.00 bits per heavy atom. The van der Waals surface area contributed by atoms with Gasteiger partial charge in [-0.2, -0.15) is 0 Å². The van der Waals surface area contributed by atoms with E-state index in [1.807, 2.05) is 0 Å². The Balaban J connectivity index is 2.01. The average molecular weight is 370 g/mol. The average Bonchev–Trinajstić information content (AvgIpc) is 2.50. The van der Waals surface area contributed by atoms with Crippen molar-refractivity contribution in [2.75, 3.05) is 13.2 Å². The van der Waals surface area contributed by atoms with E-state index < -0.39 is 25.8 Å². The van der Waals surface area contributed by atoms with Crippen LogP contribution in [-0.4, -0.2) is 13.2 Å². The molecular weight excluding hydrogens is 358 g/mol. The minimum atomic E-state index is -4.98. The minimum Gasteiger partial charge on any atom is -0.807 e. The molecule has 0 saturated heterocycles. The van der Waals surface area contributed by atoms with Crippen molar-refractivity contribution < 1.29 is 38.2 Å². The minimum absolute atomic E-state index is 0.124. The molecule has 0 fully saturated rings. The zero-order chi connectivity index (χ0) is 17.8. The summed E-state index contributed by atoms with van der Waals surface area (Å²) in [6, 6.07) is 10.6. The van der Waals surface area contributed by atoms with Gasteiger partial charge in [0, 0.05) is 10.6 Å². The van der Waals surface area contributed by atoms with Gasteiger partial charge in [0.05, 0.1) is 0 Å². The standard InChI is InChI=1S/C14H16O8P2/c15-23(16,17)13-7-3-1-5-11(13)21-9-10-22-12-6-2-4-8-14(12)24(18,19)20/h1-8H,9-10H2,(H2,15,16,17)(H2,18,19,20)/p-4. The number of hydrogen-bond acceptors (Lipinski definition) is 8. The second-order valence-corrected chi connectivity index (χ2v) is 7.58. The Kier molecular flexibility index (Phi) is 5.83. The largest absolute Gasteiger partial charge is 0.807 e. The summed E-state index contributed by atoms with van der Waals surface area (Å²) in [5, 5.41) is -0.956. The molecule has 0 aliphatic heterocycles. The number of hydrogen-bond donors (Lipinski definition) is 0. The highest BCUT2D eigenvalue weighted by Gasteiger charge is 2.08. The van der Waals surface area contributed by atoms with Crippen LogP contribution in [0.5, 0.6) is 11.5 Å². The first-order chi connectivity index (χ1) is 11.2. The lowest BCUT2D eigenvalue weighted by Crippen LogP contribution is -2.28. The van der Waals surface area contributed by atoms with Crippen LogP contribution >= 0.6 is 15.2 Å². The molecule has 0 heterocycles. The zero-order valence-corrected chi connectivity index (χ0v) is 14.0. The van der Waals surface area contributed by atoms with Gasteiger partial charge in [-0.05, 0) is 27.3 Å². The predicted octanol–water partition coefficient (Wildman–Crippen LogP) is -1.78. The smallest absolute Gasteiger partial charge is 0.127 e. The van der Waals surface area contributed by atoms with Crippen LogP contribution in [0.25, 0.3) is 0 Å². The van der Waals surface area contributed by atoms with Gasteiger partial charge in [-0.3, -0.25) is 0 Å². The summed E-state index contributed by atoms with van der Waals surface area (Å²) in [5.41, 5.74) is 0. The molecule has 0 unspecified atom stereocenters. The summed E-state index contributed by atoms with van der Waals surface area (Å²) in [6.45, 7) is -0.319. The van der Waals surface area contributed by atoms with Gasteiger partial charge in [-0.1, -0.05) is 36.4 Å². The van der Waals surface area contributed by atoms with Crippen LogP contribution in [0.1, 0.15) is 0 Å². The molecule has 2 rings (SSSR count). The van der Waals surface area contributed by atoms with Crippen molar-refractivity contribution >= 4 is 25.8 Å². The molecule has 0 N–H and O–H groups in total. The lowest BCUT2D eigenvalue weighted by atomic mass is 10.3. The van der Waals surface area contributed by atoms with E-state index in [0.29, 0.717) is 0 Å². The van der Waals surface area contributed by atoms with E-state index in [0.717, 1.165) is 12.1 Å². The Labute approximate surface area is 138 Å². The molecule has 0 aromatic heterocycles. The van der Waals surface area contributed by atoms with Crippen molar-refractivity contribution in [3.63, 3.8) is 0 Å². The normalized spacial score (nSPS) is 12.0. The predicted molar refractivity (Wildman–Crippen MR) is 78.4 cm³/mol. The summed E-state index contributed by atoms with van der Waals surface area (Å²) in [6.07, 6.45) is 0. The van der Waals surface area contributed by atoms with Gasteiger partial charge in [0.15, 0.2) is 0 Å². The fourth-order valence-electron chi connectivity index (χ4n) is 1.91. The van der Waals surface area contributed by atoms with Gasteiger partial charge in [0.25, 0.3) is 0 Å². The molecule has 0 aliphatic rings. The Morgan fingerprint density at radius 1 is 0.667 bits per heavy atom. The molecule has 10 heteroatoms. The first-order valence-electron chi connectivity index (χ1n) is 6.68. The number of para-hydroxylation sites is 2. The highest BCUT2D eigenvalue weighted by molar-refractivity contribution is 7.58. The zero-order valence-electron chi connectivity index (χ0n) is 12.2. The highest BCUT2D eigenvalue weighted by Crippen LogP contribution is 2.29. The van der Waals surface area contributed by atoms with Gasteiger partial charge in [0.2, 0.25) is 0 Å². The summed E-state index contributed by atoms with van der Waals surface area (Å²) in [5.74, 6) is -0.248. The number of benzene rings is 2. The van der Waals surface area contributed by atoms with E-state index in [-0.39, 0.29) is 24.7 Å². The second-order valence-electron chi connectivity index (χ2n) is 4.63. The maximum absolute atomic E-state index is 11.1. The van der Waals surface area contributed by atoms with Gasteiger partial charge in [-0.25, -0.2) is 0 Å². The van der Waals surface area contributed by atoms with E-state index in [2.05, 4.69) is 0 Å². The van der Waals surface area contributed by atoms with Crippen LogP contribution in [0.2, 0.25) is 0 Å². The SMILES string of the molecule is O=P([O-])([O-])c1ccccc1OCCOc1ccccc1P(=O)([O-])[O-]. The maximum Gasteiger partial charge on any atom is 0.127 e. The molecule has 24 heavy (non-hydrogen) atoms. The lowest BCUT2D eigenvalue weighted by Gasteiger charge is -2.32. The lowest BCUT2D eigenvalue weighted by molar-refractivity contribution is -0.309. The van der Waals surface area contributed by atoms with Crippen molar-refractivity contribution in [1.29, 1.82) is 0 Å². The molecule has 0 spiro atoms. The molecule has 0 radical (unpaired) electrons. The van der Waals surface area contributed by atoms with Crippen LogP contribution in [0.15, 0.2) is 48.5 Å². The van der Waals surface area contributed by atoms with Crippen LogP contribution in [-0.2, 0) is 9.13 Å². The van der Waals surface area contributed by atoms with Crippen molar-refractivity contribution in [1.82, 2.24) is 0 Å². The summed E-state index contributed by atoms with van der Waals surface area (Å²) in [4.78, 5) is 44.5. The van der Waals surface area contributed by atoms with E-state index >= 15 is 0 Å². The Bertz CT molecular complexity index is 727. The van der Waals surface area contributed by atoms with Gasteiger partial charge in [-0.15, -0.1) is 0 Å². The Morgan fingerprint density at radius 3 is 1.33 bits per heavy atom. The monoisotopic (exact) mass is 370 g/mol. The fourth-order valence-corrected chi connectivity index (χ4v) is 3.27. The molecule has 0 aliphatic carbocycles. The fraction of sp³-hybridized carbons (Fsp3) is 0.143. The molecule has 0 atom stereocenters. The molecule has 8 nitrogen and oxygen atoms in total. The first-order valence-corrected chi connectivity index (χ1v) is 9.77. The molecule has 0 saturated carbocycles. The van der Waals surface area contributed by atoms with E-state index in [1.54, 1.807) is 0 Å². The molecule has 2 aromatic carbocycles. The van der Waals surface area contributed by atoms with E-state index in [4.69, 9.17) is 9.47 Å². The molecule has 2 aromatic rings. The van der Waals surface area contributed by atoms with E-state index in [9.17, 15) is 28.7 Å². The van der Waals surface area contributed by atoms with Crippen molar-refractivity contribution in [3.05, 3.63) is 48.5 Å². The third-order valence-electron chi connectivity index (χ3n) is 2.92. The van der Waals surface area contributed by atoms with Crippen molar-refractivity contribution in [2.24, 2.45) is 0 Å². The number of rotatable bonds is 7. The molecular formula is C14H12O8P2-4. The quantitative estimate of drug-likeness (QED) is 0.411. The van der Waals surface area contributed by atoms with Crippen LogP contribution < -0.4 is 39.7 Å². The third kappa shape index (κ3) is 4.92. The summed E-state index contributed by atoms with van der Waals surface area (Å²) < 4.78 is 32.6. The van der Waals surface area contributed by atoms with Crippen LogP contribution in [0.4, 0.5) is 0 Å². The van der Waals surface area contributed by atoms with Gasteiger partial charge in [0.1, 0.15) is 24.7 Å². The van der Waals surface area contributed by atoms with Crippen LogP contribution in [0.3, 0.4) is 0 Å². The van der Waals surface area contributed by atoms with Gasteiger partial charge < -0.3 is 38.2 Å². The third-order valence-corrected chi connectivity index (χ3v) is 4.84. The second kappa shape index (κ2) is 7.49. The molecule has 0 bridgehead atoms.